The predicted molar refractivity (Wildman–Crippen MR) is 53.3 cm³/mol. The molecule has 0 aromatic heterocycles. The zero-order valence-electron chi connectivity index (χ0n) is 8.21. The Labute approximate surface area is 75.6 Å². The molecule has 0 aliphatic carbocycles. The minimum atomic E-state index is 0.789. The first-order chi connectivity index (χ1) is 5.83. The van der Waals surface area contributed by atoms with Gasteiger partial charge in [0.2, 0.25) is 0 Å². The maximum absolute atomic E-state index is 3.12. The van der Waals surface area contributed by atoms with E-state index in [2.05, 4.69) is 29.4 Å². The molecule has 1 atom stereocenters. The van der Waals surface area contributed by atoms with E-state index in [4.69, 9.17) is 0 Å². The fourth-order valence-electron chi connectivity index (χ4n) is 1.74. The van der Waals surface area contributed by atoms with E-state index in [0.717, 1.165) is 12.5 Å². The van der Waals surface area contributed by atoms with Crippen LogP contribution >= 0.6 is 0 Å². The highest BCUT2D eigenvalue weighted by atomic mass is 15.1. The van der Waals surface area contributed by atoms with Gasteiger partial charge in [-0.15, -0.1) is 0 Å². The quantitative estimate of drug-likeness (QED) is 0.635. The number of hydrogen-bond acceptors (Lipinski definition) is 2. The van der Waals surface area contributed by atoms with Crippen LogP contribution in [0.15, 0.2) is 12.2 Å². The van der Waals surface area contributed by atoms with E-state index in [9.17, 15) is 0 Å². The van der Waals surface area contributed by atoms with E-state index in [1.165, 1.54) is 25.9 Å². The number of likely N-dealkylation sites (tertiary alicyclic amines) is 1. The second-order valence-electron chi connectivity index (χ2n) is 3.65. The molecule has 1 aliphatic rings. The third-order valence-corrected chi connectivity index (χ3v) is 2.39. The van der Waals surface area contributed by atoms with Crippen LogP contribution in [0.5, 0.6) is 0 Å². The van der Waals surface area contributed by atoms with Gasteiger partial charge in [0, 0.05) is 13.1 Å². The number of piperidine rings is 1. The van der Waals surface area contributed by atoms with Gasteiger partial charge in [-0.2, -0.15) is 0 Å². The lowest BCUT2D eigenvalue weighted by molar-refractivity contribution is 0.237. The Morgan fingerprint density at radius 2 is 2.42 bits per heavy atom. The summed E-state index contributed by atoms with van der Waals surface area (Å²) in [6.45, 7) is 3.51. The van der Waals surface area contributed by atoms with Crippen molar-refractivity contribution in [2.75, 3.05) is 33.7 Å². The second kappa shape index (κ2) is 5.33. The van der Waals surface area contributed by atoms with Gasteiger partial charge in [-0.3, -0.25) is 0 Å². The van der Waals surface area contributed by atoms with Crippen molar-refractivity contribution < 1.29 is 0 Å². The third kappa shape index (κ3) is 3.37. The molecule has 0 bridgehead atoms. The smallest absolute Gasteiger partial charge is 0.0131 e. The van der Waals surface area contributed by atoms with Crippen molar-refractivity contribution in [2.45, 2.75) is 12.8 Å². The summed E-state index contributed by atoms with van der Waals surface area (Å²) in [5.74, 6) is 0.789. The zero-order chi connectivity index (χ0) is 8.81. The van der Waals surface area contributed by atoms with Gasteiger partial charge in [-0.1, -0.05) is 12.2 Å². The van der Waals surface area contributed by atoms with Gasteiger partial charge in [0.1, 0.15) is 0 Å². The molecule has 1 fully saturated rings. The molecule has 0 amide bonds. The minimum Gasteiger partial charge on any atom is -0.316 e. The molecule has 1 heterocycles. The molecule has 70 valence electrons. The van der Waals surface area contributed by atoms with Crippen LogP contribution in [0.3, 0.4) is 0 Å². The zero-order valence-corrected chi connectivity index (χ0v) is 8.21. The number of nitrogens with one attached hydrogen (secondary N) is 1. The second-order valence-corrected chi connectivity index (χ2v) is 3.65. The van der Waals surface area contributed by atoms with Crippen LogP contribution < -0.4 is 5.32 Å². The van der Waals surface area contributed by atoms with Gasteiger partial charge < -0.3 is 10.2 Å². The first-order valence-corrected chi connectivity index (χ1v) is 4.82. The fraction of sp³-hybridized carbons (Fsp3) is 0.800. The largest absolute Gasteiger partial charge is 0.316 e. The summed E-state index contributed by atoms with van der Waals surface area (Å²) >= 11 is 0. The summed E-state index contributed by atoms with van der Waals surface area (Å²) in [7, 11) is 4.19. The van der Waals surface area contributed by atoms with E-state index in [1.54, 1.807) is 0 Å². The van der Waals surface area contributed by atoms with Gasteiger partial charge in [-0.25, -0.2) is 0 Å². The van der Waals surface area contributed by atoms with Gasteiger partial charge >= 0.3 is 0 Å². The summed E-state index contributed by atoms with van der Waals surface area (Å²) in [6, 6.07) is 0. The predicted octanol–water partition coefficient (Wildman–Crippen LogP) is 1.10. The van der Waals surface area contributed by atoms with Crippen LogP contribution in [0.4, 0.5) is 0 Å². The van der Waals surface area contributed by atoms with E-state index in [-0.39, 0.29) is 0 Å². The van der Waals surface area contributed by atoms with E-state index >= 15 is 0 Å². The molecule has 1 rings (SSSR count). The van der Waals surface area contributed by atoms with Gasteiger partial charge in [-0.05, 0) is 39.4 Å². The van der Waals surface area contributed by atoms with E-state index in [1.807, 2.05) is 7.05 Å². The maximum atomic E-state index is 3.12. The van der Waals surface area contributed by atoms with Gasteiger partial charge in [0.05, 0.1) is 0 Å². The van der Waals surface area contributed by atoms with Crippen LogP contribution in [0.25, 0.3) is 0 Å². The number of hydrogen-bond donors (Lipinski definition) is 1. The number of rotatable bonds is 3. The number of likely N-dealkylation sites (N-methyl/N-ethyl adjacent to an activating group) is 1. The molecule has 0 saturated carbocycles. The molecule has 0 aromatic rings. The molecular formula is C10H20N2. The van der Waals surface area contributed by atoms with Crippen molar-refractivity contribution in [1.29, 1.82) is 0 Å². The number of nitrogens with zero attached hydrogens (tertiary/aromatic N) is 1. The maximum Gasteiger partial charge on any atom is 0.0131 e. The van der Waals surface area contributed by atoms with Crippen LogP contribution in [-0.2, 0) is 0 Å². The highest BCUT2D eigenvalue weighted by Gasteiger charge is 2.13. The SMILES string of the molecule is CNC/C=C/C1CCCN(C)C1. The first kappa shape index (κ1) is 9.75. The summed E-state index contributed by atoms with van der Waals surface area (Å²) < 4.78 is 0. The summed E-state index contributed by atoms with van der Waals surface area (Å²) in [6.07, 6.45) is 7.31. The van der Waals surface area contributed by atoms with Crippen molar-refractivity contribution in [3.63, 3.8) is 0 Å². The standard InChI is InChI=1S/C10H20N2/c1-11-7-3-5-10-6-4-8-12(2)9-10/h3,5,10-11H,4,6-9H2,1-2H3/b5-3+. The summed E-state index contributed by atoms with van der Waals surface area (Å²) in [4.78, 5) is 2.41. The van der Waals surface area contributed by atoms with Crippen molar-refractivity contribution in [3.05, 3.63) is 12.2 Å². The summed E-state index contributed by atoms with van der Waals surface area (Å²) in [5.41, 5.74) is 0. The lowest BCUT2D eigenvalue weighted by Gasteiger charge is -2.27. The molecule has 12 heavy (non-hydrogen) atoms. The van der Waals surface area contributed by atoms with E-state index < -0.39 is 0 Å². The topological polar surface area (TPSA) is 15.3 Å². The Morgan fingerprint density at radius 1 is 1.58 bits per heavy atom. The monoisotopic (exact) mass is 168 g/mol. The molecule has 1 unspecified atom stereocenters. The van der Waals surface area contributed by atoms with Crippen LogP contribution in [-0.4, -0.2) is 38.6 Å². The third-order valence-electron chi connectivity index (χ3n) is 2.39. The highest BCUT2D eigenvalue weighted by molar-refractivity contribution is 4.92. The minimum absolute atomic E-state index is 0.789. The average Bonchev–Trinajstić information content (AvgIpc) is 2.05. The first-order valence-electron chi connectivity index (χ1n) is 4.82. The van der Waals surface area contributed by atoms with Crippen molar-refractivity contribution in [1.82, 2.24) is 10.2 Å². The molecule has 0 aromatic carbocycles. The molecule has 1 aliphatic heterocycles. The Kier molecular flexibility index (Phi) is 4.33. The van der Waals surface area contributed by atoms with Gasteiger partial charge in [0.25, 0.3) is 0 Å². The Hall–Kier alpha value is -0.340. The van der Waals surface area contributed by atoms with Crippen LogP contribution in [0, 0.1) is 5.92 Å². The molecular weight excluding hydrogens is 148 g/mol. The molecule has 2 heteroatoms. The lowest BCUT2D eigenvalue weighted by Crippen LogP contribution is -2.31. The van der Waals surface area contributed by atoms with Crippen molar-refractivity contribution in [2.24, 2.45) is 5.92 Å². The molecule has 2 nitrogen and oxygen atoms in total. The average molecular weight is 168 g/mol. The molecule has 0 radical (unpaired) electrons. The Bertz CT molecular complexity index is 143. The highest BCUT2D eigenvalue weighted by Crippen LogP contribution is 2.15. The molecule has 0 spiro atoms. The lowest BCUT2D eigenvalue weighted by atomic mass is 9.98. The summed E-state index contributed by atoms with van der Waals surface area (Å²) in [5, 5.41) is 3.12. The Balaban J connectivity index is 2.22. The van der Waals surface area contributed by atoms with Crippen molar-refractivity contribution >= 4 is 0 Å². The normalized spacial score (nSPS) is 26.7. The molecule has 1 N–H and O–H groups in total. The van der Waals surface area contributed by atoms with E-state index in [0.29, 0.717) is 0 Å². The Morgan fingerprint density at radius 3 is 3.08 bits per heavy atom. The molecule has 1 saturated heterocycles. The van der Waals surface area contributed by atoms with Crippen LogP contribution in [0.2, 0.25) is 0 Å². The van der Waals surface area contributed by atoms with Gasteiger partial charge in [0.15, 0.2) is 0 Å². The fourth-order valence-corrected chi connectivity index (χ4v) is 1.74. The van der Waals surface area contributed by atoms with Crippen LogP contribution in [0.1, 0.15) is 12.8 Å². The van der Waals surface area contributed by atoms with Crippen molar-refractivity contribution in [3.8, 4) is 0 Å².